The monoisotopic (exact) mass is 485 g/mol. The molecular weight excluding hydrogens is 462 g/mol. The Balaban J connectivity index is 1.37. The number of hydrogen-bond acceptors (Lipinski definition) is 5. The predicted octanol–water partition coefficient (Wildman–Crippen LogP) is 3.34. The van der Waals surface area contributed by atoms with Gasteiger partial charge in [-0.15, -0.1) is 10.2 Å². The van der Waals surface area contributed by atoms with Crippen LogP contribution in [0, 0.1) is 0 Å². The first-order chi connectivity index (χ1) is 15.9. The lowest BCUT2D eigenvalue weighted by Crippen LogP contribution is -2.30. The largest absolute Gasteiger partial charge is 0.345 e. The van der Waals surface area contributed by atoms with Gasteiger partial charge in [0.25, 0.3) is 15.9 Å². The molecule has 1 amide bonds. The lowest BCUT2D eigenvalue weighted by atomic mass is 10.2. The van der Waals surface area contributed by atoms with Gasteiger partial charge in [-0.3, -0.25) is 9.10 Å². The Morgan fingerprint density at radius 3 is 2.76 bits per heavy atom. The first-order valence-electron chi connectivity index (χ1n) is 11.0. The van der Waals surface area contributed by atoms with E-state index in [1.807, 2.05) is 18.2 Å². The van der Waals surface area contributed by atoms with Crippen LogP contribution in [-0.2, 0) is 36.0 Å². The van der Waals surface area contributed by atoms with Gasteiger partial charge in [0.2, 0.25) is 0 Å². The van der Waals surface area contributed by atoms with E-state index in [1.165, 1.54) is 22.5 Å². The van der Waals surface area contributed by atoms with Crippen molar-refractivity contribution >= 4 is 33.2 Å². The van der Waals surface area contributed by atoms with E-state index in [0.29, 0.717) is 24.5 Å². The van der Waals surface area contributed by atoms with Crippen LogP contribution in [0.5, 0.6) is 0 Å². The maximum absolute atomic E-state index is 13.4. The van der Waals surface area contributed by atoms with Gasteiger partial charge in [0.1, 0.15) is 10.7 Å². The molecule has 3 aromatic rings. The molecule has 8 nitrogen and oxygen atoms in total. The van der Waals surface area contributed by atoms with Crippen LogP contribution in [0.3, 0.4) is 0 Å². The molecule has 3 heterocycles. The number of amides is 1. The molecular formula is C23H24ClN5O3S. The van der Waals surface area contributed by atoms with Crippen LogP contribution in [0.15, 0.2) is 47.4 Å². The molecule has 1 aromatic heterocycles. The van der Waals surface area contributed by atoms with Crippen molar-refractivity contribution in [2.75, 3.05) is 10.8 Å². The summed E-state index contributed by atoms with van der Waals surface area (Å²) in [7, 11) is -3.92. The zero-order chi connectivity index (χ0) is 23.0. The molecule has 5 rings (SSSR count). The highest BCUT2D eigenvalue weighted by molar-refractivity contribution is 7.93. The maximum atomic E-state index is 13.4. The molecule has 10 heteroatoms. The number of rotatable bonds is 5. The molecule has 2 aromatic carbocycles. The number of benzene rings is 2. The lowest BCUT2D eigenvalue weighted by molar-refractivity contribution is 0.0949. The zero-order valence-electron chi connectivity index (χ0n) is 18.0. The number of nitrogens with one attached hydrogen (secondary N) is 1. The van der Waals surface area contributed by atoms with Crippen LogP contribution in [-0.4, -0.2) is 35.6 Å². The molecule has 0 atom stereocenters. The Labute approximate surface area is 197 Å². The second kappa shape index (κ2) is 8.79. The van der Waals surface area contributed by atoms with Crippen molar-refractivity contribution in [1.29, 1.82) is 0 Å². The number of carbonyl (C=O) groups excluding carboxylic acids is 1. The number of carbonyl (C=O) groups is 1. The fraction of sp³-hybridized carbons (Fsp3) is 0.348. The van der Waals surface area contributed by atoms with Gasteiger partial charge in [-0.2, -0.15) is 0 Å². The quantitative estimate of drug-likeness (QED) is 0.597. The standard InChI is InChI=1S/C23H24ClN5O3S/c24-18-10-9-17(23(30)25-15-22-27-26-21-8-2-1-5-12-28(21)22)14-20(18)33(31,32)29-13-11-16-6-3-4-7-19(16)29/h3-4,6-7,9-10,14H,1-2,5,8,11-13,15H2,(H,25,30). The predicted molar refractivity (Wildman–Crippen MR) is 125 cm³/mol. The Kier molecular flexibility index (Phi) is 5.84. The summed E-state index contributed by atoms with van der Waals surface area (Å²) in [6, 6.07) is 11.7. The topological polar surface area (TPSA) is 97.2 Å². The van der Waals surface area contributed by atoms with Gasteiger partial charge >= 0.3 is 0 Å². The number of hydrogen-bond donors (Lipinski definition) is 1. The highest BCUT2D eigenvalue weighted by atomic mass is 35.5. The number of halogens is 1. The third-order valence-corrected chi connectivity index (χ3v) is 8.49. The first-order valence-corrected chi connectivity index (χ1v) is 12.9. The summed E-state index contributed by atoms with van der Waals surface area (Å²) in [6.45, 7) is 1.40. The number of para-hydroxylation sites is 1. The molecule has 0 bridgehead atoms. The summed E-state index contributed by atoms with van der Waals surface area (Å²) < 4.78 is 30.3. The summed E-state index contributed by atoms with van der Waals surface area (Å²) >= 11 is 6.28. The molecule has 33 heavy (non-hydrogen) atoms. The van der Waals surface area contributed by atoms with Crippen molar-refractivity contribution in [3.8, 4) is 0 Å². The summed E-state index contributed by atoms with van der Waals surface area (Å²) in [4.78, 5) is 12.8. The summed E-state index contributed by atoms with van der Waals surface area (Å²) in [5.74, 6) is 1.26. The van der Waals surface area contributed by atoms with Crippen LogP contribution in [0.25, 0.3) is 0 Å². The van der Waals surface area contributed by atoms with E-state index in [1.54, 1.807) is 6.07 Å². The van der Waals surface area contributed by atoms with Crippen LogP contribution in [0.2, 0.25) is 5.02 Å². The highest BCUT2D eigenvalue weighted by Crippen LogP contribution is 2.35. The van der Waals surface area contributed by atoms with Crippen molar-refractivity contribution in [3.05, 3.63) is 70.3 Å². The van der Waals surface area contributed by atoms with Crippen molar-refractivity contribution in [1.82, 2.24) is 20.1 Å². The number of anilines is 1. The lowest BCUT2D eigenvalue weighted by Gasteiger charge is -2.20. The molecule has 0 aliphatic carbocycles. The van der Waals surface area contributed by atoms with Gasteiger partial charge in [0, 0.05) is 25.1 Å². The van der Waals surface area contributed by atoms with Crippen LogP contribution >= 0.6 is 11.6 Å². The molecule has 0 radical (unpaired) electrons. The average molecular weight is 486 g/mol. The van der Waals surface area contributed by atoms with Gasteiger partial charge in [0.15, 0.2) is 5.82 Å². The molecule has 0 saturated heterocycles. The van der Waals surface area contributed by atoms with E-state index < -0.39 is 15.9 Å². The number of nitrogens with zero attached hydrogens (tertiary/aromatic N) is 4. The van der Waals surface area contributed by atoms with E-state index in [9.17, 15) is 13.2 Å². The number of aryl methyl sites for hydroxylation is 1. The SMILES string of the molecule is O=C(NCc1nnc2n1CCCCC2)c1ccc(Cl)c(S(=O)(=O)N2CCc3ccccc32)c1. The number of fused-ring (bicyclic) bond motifs is 2. The minimum absolute atomic E-state index is 0.0788. The van der Waals surface area contributed by atoms with E-state index in [2.05, 4.69) is 20.1 Å². The van der Waals surface area contributed by atoms with Crippen molar-refractivity contribution in [2.24, 2.45) is 0 Å². The van der Waals surface area contributed by atoms with Crippen LogP contribution in [0.4, 0.5) is 5.69 Å². The van der Waals surface area contributed by atoms with Gasteiger partial charge in [-0.1, -0.05) is 36.2 Å². The molecule has 172 valence electrons. The third kappa shape index (κ3) is 4.11. The van der Waals surface area contributed by atoms with Gasteiger partial charge < -0.3 is 9.88 Å². The van der Waals surface area contributed by atoms with Crippen molar-refractivity contribution in [3.63, 3.8) is 0 Å². The smallest absolute Gasteiger partial charge is 0.265 e. The van der Waals surface area contributed by atoms with E-state index in [0.717, 1.165) is 43.6 Å². The normalized spacial score (nSPS) is 15.6. The van der Waals surface area contributed by atoms with Crippen molar-refractivity contribution in [2.45, 2.75) is 50.1 Å². The summed E-state index contributed by atoms with van der Waals surface area (Å²) in [5, 5.41) is 11.4. The second-order valence-corrected chi connectivity index (χ2v) is 10.5. The maximum Gasteiger partial charge on any atom is 0.265 e. The molecule has 1 N–H and O–H groups in total. The Morgan fingerprint density at radius 2 is 1.88 bits per heavy atom. The molecule has 0 fully saturated rings. The van der Waals surface area contributed by atoms with Gasteiger partial charge in [-0.25, -0.2) is 8.42 Å². The fourth-order valence-corrected chi connectivity index (χ4v) is 6.46. The molecule has 2 aliphatic heterocycles. The zero-order valence-corrected chi connectivity index (χ0v) is 19.6. The molecule has 0 saturated carbocycles. The van der Waals surface area contributed by atoms with Gasteiger partial charge in [-0.05, 0) is 49.1 Å². The van der Waals surface area contributed by atoms with E-state index >= 15 is 0 Å². The third-order valence-electron chi connectivity index (χ3n) is 6.20. The first kappa shape index (κ1) is 21.9. The number of sulfonamides is 1. The van der Waals surface area contributed by atoms with Crippen LogP contribution in [0.1, 0.15) is 46.8 Å². The summed E-state index contributed by atoms with van der Waals surface area (Å²) in [5.41, 5.74) is 1.84. The van der Waals surface area contributed by atoms with Gasteiger partial charge in [0.05, 0.1) is 17.3 Å². The number of aromatic nitrogens is 3. The molecule has 2 aliphatic rings. The Morgan fingerprint density at radius 1 is 1.03 bits per heavy atom. The van der Waals surface area contributed by atoms with Crippen molar-refractivity contribution < 1.29 is 13.2 Å². The van der Waals surface area contributed by atoms with E-state index in [4.69, 9.17) is 11.6 Å². The average Bonchev–Trinajstić information content (AvgIpc) is 3.35. The minimum Gasteiger partial charge on any atom is -0.345 e. The van der Waals surface area contributed by atoms with E-state index in [-0.39, 0.29) is 22.0 Å². The molecule has 0 unspecified atom stereocenters. The highest BCUT2D eigenvalue weighted by Gasteiger charge is 2.32. The summed E-state index contributed by atoms with van der Waals surface area (Å²) in [6.07, 6.45) is 4.82. The second-order valence-electron chi connectivity index (χ2n) is 8.28. The Hall–Kier alpha value is -2.91. The molecule has 0 spiro atoms. The Bertz CT molecular complexity index is 1320. The fourth-order valence-electron chi connectivity index (χ4n) is 4.46. The van der Waals surface area contributed by atoms with Crippen LogP contribution < -0.4 is 9.62 Å². The minimum atomic E-state index is -3.92.